The predicted molar refractivity (Wildman–Crippen MR) is 274 cm³/mol. The van der Waals surface area contributed by atoms with E-state index in [1.54, 1.807) is 0 Å². The number of carbonyl (C=O) groups is 3. The molecule has 0 radical (unpaired) electrons. The molecule has 0 spiro atoms. The van der Waals surface area contributed by atoms with E-state index in [2.05, 4.69) is 87.6 Å². The van der Waals surface area contributed by atoms with Gasteiger partial charge in [-0.1, -0.05) is 254 Å². The molecule has 0 heterocycles. The van der Waals surface area contributed by atoms with Crippen molar-refractivity contribution in [3.05, 3.63) is 72.9 Å². The van der Waals surface area contributed by atoms with E-state index in [-0.39, 0.29) is 37.5 Å². The highest BCUT2D eigenvalue weighted by Gasteiger charge is 2.19. The maximum absolute atomic E-state index is 12.8. The molecule has 0 saturated carbocycles. The molecule has 0 rings (SSSR count). The lowest BCUT2D eigenvalue weighted by Gasteiger charge is -2.18. The van der Waals surface area contributed by atoms with Gasteiger partial charge in [-0.15, -0.1) is 0 Å². The second-order valence-electron chi connectivity index (χ2n) is 17.8. The van der Waals surface area contributed by atoms with Crippen molar-refractivity contribution in [2.45, 2.75) is 264 Å². The fourth-order valence-corrected chi connectivity index (χ4v) is 7.47. The molecule has 1 atom stereocenters. The summed E-state index contributed by atoms with van der Waals surface area (Å²) in [7, 11) is 0. The van der Waals surface area contributed by atoms with Crippen molar-refractivity contribution in [2.24, 2.45) is 0 Å². The Balaban J connectivity index is 4.47. The highest BCUT2D eigenvalue weighted by molar-refractivity contribution is 5.71. The lowest BCUT2D eigenvalue weighted by molar-refractivity contribution is -0.166. The molecule has 0 aliphatic rings. The molecule has 0 aromatic rings. The van der Waals surface area contributed by atoms with Gasteiger partial charge >= 0.3 is 17.9 Å². The van der Waals surface area contributed by atoms with Crippen LogP contribution in [-0.2, 0) is 28.6 Å². The first-order valence-electron chi connectivity index (χ1n) is 26.9. The second-order valence-corrected chi connectivity index (χ2v) is 17.8. The number of hydrogen-bond donors (Lipinski definition) is 0. The molecule has 0 aliphatic carbocycles. The minimum absolute atomic E-state index is 0.0951. The number of ether oxygens (including phenoxy) is 3. The van der Waals surface area contributed by atoms with Gasteiger partial charge in [0.15, 0.2) is 6.10 Å². The first kappa shape index (κ1) is 60.9. The van der Waals surface area contributed by atoms with Crippen LogP contribution in [0.1, 0.15) is 258 Å². The Bertz CT molecular complexity index is 1210. The molecule has 0 aliphatic heterocycles. The van der Waals surface area contributed by atoms with E-state index in [0.717, 1.165) is 77.0 Å². The van der Waals surface area contributed by atoms with Crippen LogP contribution in [0.5, 0.6) is 0 Å². The standard InChI is InChI=1S/C58H100O6/c1-4-7-10-13-16-19-22-25-27-28-29-30-31-34-36-39-42-45-48-51-57(60)63-54-55(53-62-56(59)50-47-44-41-38-35-32-24-21-18-15-12-9-6-3)64-58(61)52-49-46-43-40-37-33-26-23-20-17-14-11-8-5-2/h7,10,16,19,25,27,29-30,34,36,42,45,55H,4-6,8-9,11-15,17-18,20-24,26,28,31-33,35,37-41,43-44,46-54H2,1-3H3/b10-7-,19-16-,27-25-,30-29-,36-34-,45-42-. The van der Waals surface area contributed by atoms with Gasteiger partial charge in [0.25, 0.3) is 0 Å². The van der Waals surface area contributed by atoms with Crippen LogP contribution >= 0.6 is 0 Å². The Morgan fingerprint density at radius 3 is 0.953 bits per heavy atom. The van der Waals surface area contributed by atoms with Crippen LogP contribution in [0.2, 0.25) is 0 Å². The van der Waals surface area contributed by atoms with Gasteiger partial charge in [-0.25, -0.2) is 0 Å². The predicted octanol–water partition coefficient (Wildman–Crippen LogP) is 17.8. The zero-order valence-electron chi connectivity index (χ0n) is 42.0. The quantitative estimate of drug-likeness (QED) is 0.0262. The summed E-state index contributed by atoms with van der Waals surface area (Å²) in [4.78, 5) is 38.0. The van der Waals surface area contributed by atoms with E-state index in [9.17, 15) is 14.4 Å². The molecule has 0 N–H and O–H groups in total. The van der Waals surface area contributed by atoms with Gasteiger partial charge in [-0.2, -0.15) is 0 Å². The first-order valence-corrected chi connectivity index (χ1v) is 26.9. The highest BCUT2D eigenvalue weighted by atomic mass is 16.6. The zero-order chi connectivity index (χ0) is 46.5. The van der Waals surface area contributed by atoms with Crippen LogP contribution in [0.15, 0.2) is 72.9 Å². The summed E-state index contributed by atoms with van der Waals surface area (Å²) < 4.78 is 16.8. The molecule has 0 fully saturated rings. The van der Waals surface area contributed by atoms with Crippen molar-refractivity contribution >= 4 is 17.9 Å². The molecule has 6 nitrogen and oxygen atoms in total. The number of unbranched alkanes of at least 4 members (excludes halogenated alkanes) is 25. The Kier molecular flexibility index (Phi) is 49.9. The summed E-state index contributed by atoms with van der Waals surface area (Å²) in [5.41, 5.74) is 0. The molecule has 0 aromatic heterocycles. The number of hydrogen-bond acceptors (Lipinski definition) is 6. The van der Waals surface area contributed by atoms with E-state index < -0.39 is 6.10 Å². The SMILES string of the molecule is CC/C=C\C/C=C\C/C=C\C/C=C\C/C=C\C/C=C\CCC(=O)OCC(COC(=O)CCCCCCCCCCCCCCC)OC(=O)CCCCCCCCCCCCCCCC. The molecule has 1 unspecified atom stereocenters. The zero-order valence-corrected chi connectivity index (χ0v) is 42.0. The molecule has 64 heavy (non-hydrogen) atoms. The molecular formula is C58H100O6. The maximum atomic E-state index is 12.8. The Hall–Kier alpha value is -3.15. The van der Waals surface area contributed by atoms with Crippen LogP contribution in [0.25, 0.3) is 0 Å². The van der Waals surface area contributed by atoms with Gasteiger partial charge in [0.2, 0.25) is 0 Å². The minimum atomic E-state index is -0.801. The Labute approximate surface area is 395 Å². The monoisotopic (exact) mass is 893 g/mol. The lowest BCUT2D eigenvalue weighted by atomic mass is 10.0. The average molecular weight is 893 g/mol. The fourth-order valence-electron chi connectivity index (χ4n) is 7.47. The van der Waals surface area contributed by atoms with Crippen molar-refractivity contribution in [2.75, 3.05) is 13.2 Å². The van der Waals surface area contributed by atoms with Crippen LogP contribution in [0.4, 0.5) is 0 Å². The summed E-state index contributed by atoms with van der Waals surface area (Å²) in [5.74, 6) is -0.976. The molecule has 0 aromatic carbocycles. The maximum Gasteiger partial charge on any atom is 0.306 e. The van der Waals surface area contributed by atoms with Gasteiger partial charge in [0.1, 0.15) is 13.2 Å². The lowest BCUT2D eigenvalue weighted by Crippen LogP contribution is -2.30. The van der Waals surface area contributed by atoms with Crippen LogP contribution in [0.3, 0.4) is 0 Å². The van der Waals surface area contributed by atoms with Gasteiger partial charge in [-0.05, 0) is 57.8 Å². The third-order valence-corrected chi connectivity index (χ3v) is 11.5. The van der Waals surface area contributed by atoms with Gasteiger partial charge < -0.3 is 14.2 Å². The van der Waals surface area contributed by atoms with Gasteiger partial charge in [0.05, 0.1) is 0 Å². The van der Waals surface area contributed by atoms with Crippen molar-refractivity contribution in [3.63, 3.8) is 0 Å². The summed E-state index contributed by atoms with van der Waals surface area (Å²) in [6.45, 7) is 6.47. The van der Waals surface area contributed by atoms with Crippen molar-refractivity contribution in [1.29, 1.82) is 0 Å². The Morgan fingerprint density at radius 1 is 0.328 bits per heavy atom. The number of allylic oxidation sites excluding steroid dienone is 12. The topological polar surface area (TPSA) is 78.9 Å². The van der Waals surface area contributed by atoms with E-state index in [4.69, 9.17) is 14.2 Å². The molecule has 6 heteroatoms. The average Bonchev–Trinajstić information content (AvgIpc) is 3.29. The van der Waals surface area contributed by atoms with Gasteiger partial charge in [-0.3, -0.25) is 14.4 Å². The smallest absolute Gasteiger partial charge is 0.306 e. The van der Waals surface area contributed by atoms with Crippen LogP contribution in [-0.4, -0.2) is 37.2 Å². The second kappa shape index (κ2) is 52.5. The summed E-state index contributed by atoms with van der Waals surface area (Å²) in [6.07, 6.45) is 66.1. The molecule has 0 amide bonds. The van der Waals surface area contributed by atoms with E-state index in [1.807, 2.05) is 6.08 Å². The highest BCUT2D eigenvalue weighted by Crippen LogP contribution is 2.16. The van der Waals surface area contributed by atoms with E-state index in [0.29, 0.717) is 19.3 Å². The normalized spacial score (nSPS) is 12.6. The Morgan fingerprint density at radius 2 is 0.609 bits per heavy atom. The van der Waals surface area contributed by atoms with Gasteiger partial charge in [0, 0.05) is 19.3 Å². The van der Waals surface area contributed by atoms with Crippen molar-refractivity contribution < 1.29 is 28.6 Å². The van der Waals surface area contributed by atoms with Crippen molar-refractivity contribution in [1.82, 2.24) is 0 Å². The number of rotatable bonds is 48. The number of carbonyl (C=O) groups excluding carboxylic acids is 3. The third kappa shape index (κ3) is 49.9. The summed E-state index contributed by atoms with van der Waals surface area (Å²) in [5, 5.41) is 0. The van der Waals surface area contributed by atoms with E-state index >= 15 is 0 Å². The van der Waals surface area contributed by atoms with E-state index in [1.165, 1.54) is 135 Å². The van der Waals surface area contributed by atoms with Crippen LogP contribution < -0.4 is 0 Å². The van der Waals surface area contributed by atoms with Crippen LogP contribution in [0, 0.1) is 0 Å². The first-order chi connectivity index (χ1) is 31.5. The molecule has 368 valence electrons. The summed E-state index contributed by atoms with van der Waals surface area (Å²) in [6, 6.07) is 0. The third-order valence-electron chi connectivity index (χ3n) is 11.5. The largest absolute Gasteiger partial charge is 0.462 e. The minimum Gasteiger partial charge on any atom is -0.462 e. The fraction of sp³-hybridized carbons (Fsp3) is 0.741. The van der Waals surface area contributed by atoms with Crippen molar-refractivity contribution in [3.8, 4) is 0 Å². The molecular weight excluding hydrogens is 793 g/mol. The molecule has 0 bridgehead atoms. The summed E-state index contributed by atoms with van der Waals surface area (Å²) >= 11 is 0. The molecule has 0 saturated heterocycles. The number of esters is 3.